The number of hydrogen-bond acceptors (Lipinski definition) is 4. The lowest BCUT2D eigenvalue weighted by Gasteiger charge is -2.19. The summed E-state index contributed by atoms with van der Waals surface area (Å²) >= 11 is 0. The second-order valence-electron chi connectivity index (χ2n) is 6.02. The molecule has 0 saturated heterocycles. The number of aromatic nitrogens is 2. The number of alkyl carbamates (subject to hydrolysis) is 1. The van der Waals surface area contributed by atoms with Gasteiger partial charge < -0.3 is 19.9 Å². The zero-order chi connectivity index (χ0) is 16.4. The Hall–Kier alpha value is -1.82. The normalized spacial score (nSPS) is 11.8. The van der Waals surface area contributed by atoms with E-state index in [1.165, 1.54) is 0 Å². The molecule has 0 aliphatic rings. The Labute approximate surface area is 132 Å². The SMILES string of the molecule is CCCn1ccnc1CNC/C=C/CNC(=O)OC(C)(C)C. The fraction of sp³-hybridized carbons (Fsp3) is 0.625. The van der Waals surface area contributed by atoms with Gasteiger partial charge in [0, 0.05) is 32.0 Å². The first-order chi connectivity index (χ1) is 10.4. The first-order valence-corrected chi connectivity index (χ1v) is 7.75. The molecule has 6 heteroatoms. The third-order valence-corrected chi connectivity index (χ3v) is 2.74. The lowest BCUT2D eigenvalue weighted by atomic mass is 10.2. The zero-order valence-electron chi connectivity index (χ0n) is 14.1. The van der Waals surface area contributed by atoms with E-state index in [9.17, 15) is 4.79 Å². The quantitative estimate of drug-likeness (QED) is 0.572. The Bertz CT molecular complexity index is 475. The number of nitrogens with zero attached hydrogens (tertiary/aromatic N) is 2. The molecule has 1 heterocycles. The van der Waals surface area contributed by atoms with Gasteiger partial charge in [0.25, 0.3) is 0 Å². The number of carbonyl (C=O) groups excluding carboxylic acids is 1. The number of hydrogen-bond donors (Lipinski definition) is 2. The Morgan fingerprint density at radius 3 is 2.77 bits per heavy atom. The second-order valence-corrected chi connectivity index (χ2v) is 6.02. The van der Waals surface area contributed by atoms with Gasteiger partial charge in [-0.2, -0.15) is 0 Å². The molecule has 0 aromatic carbocycles. The topological polar surface area (TPSA) is 68.2 Å². The summed E-state index contributed by atoms with van der Waals surface area (Å²) in [6.45, 7) is 10.6. The first kappa shape index (κ1) is 18.2. The molecule has 1 aromatic rings. The lowest BCUT2D eigenvalue weighted by Crippen LogP contribution is -2.32. The molecule has 22 heavy (non-hydrogen) atoms. The molecule has 1 rings (SSSR count). The summed E-state index contributed by atoms with van der Waals surface area (Å²) in [5.74, 6) is 1.04. The van der Waals surface area contributed by atoms with E-state index >= 15 is 0 Å². The van der Waals surface area contributed by atoms with Crippen molar-refractivity contribution in [2.45, 2.75) is 52.8 Å². The molecule has 0 fully saturated rings. The monoisotopic (exact) mass is 308 g/mol. The highest BCUT2D eigenvalue weighted by atomic mass is 16.6. The van der Waals surface area contributed by atoms with Crippen LogP contribution in [0.1, 0.15) is 39.9 Å². The van der Waals surface area contributed by atoms with Crippen LogP contribution < -0.4 is 10.6 Å². The van der Waals surface area contributed by atoms with Crippen molar-refractivity contribution in [3.05, 3.63) is 30.4 Å². The van der Waals surface area contributed by atoms with Gasteiger partial charge in [-0.15, -0.1) is 0 Å². The predicted molar refractivity (Wildman–Crippen MR) is 87.6 cm³/mol. The minimum Gasteiger partial charge on any atom is -0.444 e. The van der Waals surface area contributed by atoms with Gasteiger partial charge in [-0.25, -0.2) is 9.78 Å². The third kappa shape index (κ3) is 7.83. The highest BCUT2D eigenvalue weighted by molar-refractivity contribution is 5.67. The van der Waals surface area contributed by atoms with Gasteiger partial charge >= 0.3 is 6.09 Å². The van der Waals surface area contributed by atoms with Gasteiger partial charge in [0.2, 0.25) is 0 Å². The van der Waals surface area contributed by atoms with Crippen molar-refractivity contribution in [3.63, 3.8) is 0 Å². The molecule has 0 aliphatic heterocycles. The lowest BCUT2D eigenvalue weighted by molar-refractivity contribution is 0.0534. The number of ether oxygens (including phenoxy) is 1. The molecule has 0 radical (unpaired) electrons. The molecule has 2 N–H and O–H groups in total. The maximum absolute atomic E-state index is 11.4. The van der Waals surface area contributed by atoms with E-state index in [1.807, 2.05) is 45.3 Å². The van der Waals surface area contributed by atoms with Gasteiger partial charge in [-0.3, -0.25) is 0 Å². The summed E-state index contributed by atoms with van der Waals surface area (Å²) < 4.78 is 7.29. The van der Waals surface area contributed by atoms with E-state index in [1.54, 1.807) is 0 Å². The molecular formula is C16H28N4O2. The Kier molecular flexibility index (Phi) is 7.66. The molecule has 0 saturated carbocycles. The maximum atomic E-state index is 11.4. The molecule has 0 unspecified atom stereocenters. The van der Waals surface area contributed by atoms with E-state index < -0.39 is 11.7 Å². The highest BCUT2D eigenvalue weighted by Gasteiger charge is 2.14. The Balaban J connectivity index is 2.14. The molecule has 0 atom stereocenters. The maximum Gasteiger partial charge on any atom is 0.407 e. The fourth-order valence-electron chi connectivity index (χ4n) is 1.84. The summed E-state index contributed by atoms with van der Waals surface area (Å²) in [4.78, 5) is 15.7. The van der Waals surface area contributed by atoms with Gasteiger partial charge in [0.1, 0.15) is 11.4 Å². The van der Waals surface area contributed by atoms with Crippen LogP contribution >= 0.6 is 0 Å². The van der Waals surface area contributed by atoms with Crippen molar-refractivity contribution < 1.29 is 9.53 Å². The number of rotatable bonds is 8. The van der Waals surface area contributed by atoms with Crippen molar-refractivity contribution in [1.29, 1.82) is 0 Å². The molecule has 0 spiro atoms. The molecule has 6 nitrogen and oxygen atoms in total. The van der Waals surface area contributed by atoms with E-state index in [4.69, 9.17) is 4.74 Å². The third-order valence-electron chi connectivity index (χ3n) is 2.74. The molecule has 0 aliphatic carbocycles. The summed E-state index contributed by atoms with van der Waals surface area (Å²) in [6.07, 6.45) is 8.40. The largest absolute Gasteiger partial charge is 0.444 e. The van der Waals surface area contributed by atoms with Crippen molar-refractivity contribution in [2.75, 3.05) is 13.1 Å². The molecule has 0 bridgehead atoms. The van der Waals surface area contributed by atoms with E-state index in [-0.39, 0.29) is 0 Å². The van der Waals surface area contributed by atoms with Crippen LogP contribution in [0.4, 0.5) is 4.79 Å². The van der Waals surface area contributed by atoms with E-state index in [2.05, 4.69) is 27.1 Å². The van der Waals surface area contributed by atoms with Crippen molar-refractivity contribution >= 4 is 6.09 Å². The molecular weight excluding hydrogens is 280 g/mol. The van der Waals surface area contributed by atoms with E-state index in [0.717, 1.165) is 31.9 Å². The van der Waals surface area contributed by atoms with Crippen molar-refractivity contribution in [1.82, 2.24) is 20.2 Å². The van der Waals surface area contributed by atoms with Crippen LogP contribution in [0.25, 0.3) is 0 Å². The minimum absolute atomic E-state index is 0.397. The van der Waals surface area contributed by atoms with Gasteiger partial charge in [0.15, 0.2) is 0 Å². The van der Waals surface area contributed by atoms with Crippen LogP contribution in [-0.4, -0.2) is 34.3 Å². The number of amides is 1. The van der Waals surface area contributed by atoms with Gasteiger partial charge in [0.05, 0.1) is 6.54 Å². The summed E-state index contributed by atoms with van der Waals surface area (Å²) in [5, 5.41) is 5.98. The average Bonchev–Trinajstić information content (AvgIpc) is 2.83. The van der Waals surface area contributed by atoms with Crippen LogP contribution in [0, 0.1) is 0 Å². The Morgan fingerprint density at radius 1 is 1.36 bits per heavy atom. The average molecular weight is 308 g/mol. The Morgan fingerprint density at radius 2 is 2.09 bits per heavy atom. The van der Waals surface area contributed by atoms with Crippen LogP contribution in [0.5, 0.6) is 0 Å². The van der Waals surface area contributed by atoms with Gasteiger partial charge in [-0.1, -0.05) is 19.1 Å². The smallest absolute Gasteiger partial charge is 0.407 e. The highest BCUT2D eigenvalue weighted by Crippen LogP contribution is 2.06. The fourth-order valence-corrected chi connectivity index (χ4v) is 1.84. The van der Waals surface area contributed by atoms with Gasteiger partial charge in [-0.05, 0) is 27.2 Å². The molecule has 124 valence electrons. The first-order valence-electron chi connectivity index (χ1n) is 7.75. The van der Waals surface area contributed by atoms with Crippen LogP contribution in [-0.2, 0) is 17.8 Å². The number of imidazole rings is 1. The summed E-state index contributed by atoms with van der Waals surface area (Å²) in [5.41, 5.74) is -0.463. The van der Waals surface area contributed by atoms with Crippen molar-refractivity contribution in [3.8, 4) is 0 Å². The van der Waals surface area contributed by atoms with E-state index in [0.29, 0.717) is 6.54 Å². The number of aryl methyl sites for hydroxylation is 1. The number of nitrogens with one attached hydrogen (secondary N) is 2. The van der Waals surface area contributed by atoms with Crippen LogP contribution in [0.15, 0.2) is 24.5 Å². The van der Waals surface area contributed by atoms with Crippen molar-refractivity contribution in [2.24, 2.45) is 0 Å². The molecule has 1 aromatic heterocycles. The van der Waals surface area contributed by atoms with Crippen LogP contribution in [0.2, 0.25) is 0 Å². The predicted octanol–water partition coefficient (Wildman–Crippen LogP) is 2.46. The second kappa shape index (κ2) is 9.25. The minimum atomic E-state index is -0.463. The number of carbonyl (C=O) groups is 1. The summed E-state index contributed by atoms with van der Waals surface area (Å²) in [6, 6.07) is 0. The molecule has 1 amide bonds. The standard InChI is InChI=1S/C16H28N4O2/c1-5-11-20-12-10-18-14(20)13-17-8-6-7-9-19-15(21)22-16(2,3)4/h6-7,10,12,17H,5,8-9,11,13H2,1-4H3,(H,19,21)/b7-6+. The van der Waals surface area contributed by atoms with Crippen LogP contribution in [0.3, 0.4) is 0 Å². The zero-order valence-corrected chi connectivity index (χ0v) is 14.1. The summed E-state index contributed by atoms with van der Waals surface area (Å²) in [7, 11) is 0.